The third-order valence-corrected chi connectivity index (χ3v) is 3.38. The zero-order valence-electron chi connectivity index (χ0n) is 13.5. The second-order valence-electron chi connectivity index (χ2n) is 5.68. The first-order valence-corrected chi connectivity index (χ1v) is 7.69. The van der Waals surface area contributed by atoms with E-state index in [9.17, 15) is 9.59 Å². The zero-order valence-corrected chi connectivity index (χ0v) is 13.5. The summed E-state index contributed by atoms with van der Waals surface area (Å²) >= 11 is 0. The number of hydrogen-bond donors (Lipinski definition) is 2. The van der Waals surface area contributed by atoms with E-state index in [2.05, 4.69) is 36.0 Å². The van der Waals surface area contributed by atoms with E-state index < -0.39 is 0 Å². The van der Waals surface area contributed by atoms with Gasteiger partial charge in [-0.3, -0.25) is 14.0 Å². The van der Waals surface area contributed by atoms with Crippen molar-refractivity contribution in [3.05, 3.63) is 48.6 Å². The first-order chi connectivity index (χ1) is 11.0. The van der Waals surface area contributed by atoms with Gasteiger partial charge in [0.2, 0.25) is 5.82 Å². The summed E-state index contributed by atoms with van der Waals surface area (Å²) in [7, 11) is 0. The molecule has 2 rings (SSSR count). The Labute approximate surface area is 135 Å². The van der Waals surface area contributed by atoms with E-state index in [-0.39, 0.29) is 23.3 Å². The first-order valence-electron chi connectivity index (χ1n) is 7.69. The lowest BCUT2D eigenvalue weighted by Crippen LogP contribution is -2.27. The monoisotopic (exact) mass is 314 g/mol. The summed E-state index contributed by atoms with van der Waals surface area (Å²) in [5.41, 5.74) is 0.872. The van der Waals surface area contributed by atoms with Crippen molar-refractivity contribution in [2.45, 2.75) is 20.3 Å². The zero-order chi connectivity index (χ0) is 16.8. The Morgan fingerprint density at radius 3 is 2.78 bits per heavy atom. The number of nitrogens with zero attached hydrogens (tertiary/aromatic N) is 2. The van der Waals surface area contributed by atoms with Crippen molar-refractivity contribution >= 4 is 17.3 Å². The number of amides is 2. The highest BCUT2D eigenvalue weighted by atomic mass is 16.2. The van der Waals surface area contributed by atoms with Crippen LogP contribution < -0.4 is 10.6 Å². The molecule has 2 heterocycles. The molecule has 0 spiro atoms. The van der Waals surface area contributed by atoms with Crippen LogP contribution in [0.25, 0.3) is 5.52 Å². The fraction of sp³-hybridized carbons (Fsp3) is 0.353. The molecule has 0 unspecified atom stereocenters. The molecule has 0 atom stereocenters. The summed E-state index contributed by atoms with van der Waals surface area (Å²) in [6.45, 7) is 8.69. The second kappa shape index (κ2) is 7.58. The lowest BCUT2D eigenvalue weighted by Gasteiger charge is -2.05. The van der Waals surface area contributed by atoms with Crippen LogP contribution in [0.1, 0.15) is 41.4 Å². The Hall–Kier alpha value is -2.63. The topological polar surface area (TPSA) is 75.5 Å². The molecule has 122 valence electrons. The van der Waals surface area contributed by atoms with Gasteiger partial charge in [0.25, 0.3) is 11.8 Å². The maximum Gasteiger partial charge on any atom is 0.287 e. The lowest BCUT2D eigenvalue weighted by molar-refractivity contribution is 0.0946. The summed E-state index contributed by atoms with van der Waals surface area (Å²) in [6.07, 6.45) is 4.20. The van der Waals surface area contributed by atoms with E-state index in [1.165, 1.54) is 0 Å². The van der Waals surface area contributed by atoms with Crippen LogP contribution in [0.4, 0.5) is 0 Å². The van der Waals surface area contributed by atoms with Gasteiger partial charge in [0.1, 0.15) is 0 Å². The number of pyridine rings is 1. The van der Waals surface area contributed by atoms with E-state index in [1.54, 1.807) is 28.8 Å². The highest BCUT2D eigenvalue weighted by Gasteiger charge is 2.20. The number of carbonyl (C=O) groups is 2. The average Bonchev–Trinajstić information content (AvgIpc) is 2.92. The molecule has 0 fully saturated rings. The normalized spacial score (nSPS) is 10.7. The van der Waals surface area contributed by atoms with E-state index >= 15 is 0 Å². The van der Waals surface area contributed by atoms with E-state index in [0.717, 1.165) is 6.42 Å². The molecule has 2 aromatic heterocycles. The number of hydrogen-bond acceptors (Lipinski definition) is 3. The molecule has 0 aliphatic carbocycles. The van der Waals surface area contributed by atoms with Gasteiger partial charge in [-0.1, -0.05) is 26.0 Å². The number of carbonyl (C=O) groups excluding carboxylic acids is 2. The fourth-order valence-corrected chi connectivity index (χ4v) is 2.17. The predicted octanol–water partition coefficient (Wildman–Crippen LogP) is 2.03. The molecule has 0 aliphatic rings. The van der Waals surface area contributed by atoms with Crippen molar-refractivity contribution < 1.29 is 9.59 Å². The standard InChI is InChI=1S/C17H22N4O2/c1-4-9-18-17(23)15-20-14(13-7-5-6-11-21(13)15)16(22)19-10-8-12(2)3/h4-7,11-12H,1,8-10H2,2-3H3,(H,18,23)(H,19,22). The van der Waals surface area contributed by atoms with Gasteiger partial charge < -0.3 is 10.6 Å². The summed E-state index contributed by atoms with van der Waals surface area (Å²) in [4.78, 5) is 28.8. The van der Waals surface area contributed by atoms with E-state index in [1.807, 2.05) is 6.07 Å². The van der Waals surface area contributed by atoms with Crippen molar-refractivity contribution in [3.8, 4) is 0 Å². The van der Waals surface area contributed by atoms with Crippen molar-refractivity contribution in [2.24, 2.45) is 5.92 Å². The van der Waals surface area contributed by atoms with E-state index in [0.29, 0.717) is 24.5 Å². The minimum atomic E-state index is -0.340. The Morgan fingerprint density at radius 1 is 1.30 bits per heavy atom. The number of fused-ring (bicyclic) bond motifs is 1. The van der Waals surface area contributed by atoms with Gasteiger partial charge >= 0.3 is 0 Å². The van der Waals surface area contributed by atoms with Gasteiger partial charge in [0.05, 0.1) is 5.52 Å². The van der Waals surface area contributed by atoms with Crippen LogP contribution in [0.2, 0.25) is 0 Å². The first kappa shape index (κ1) is 16.7. The molecule has 0 radical (unpaired) electrons. The van der Waals surface area contributed by atoms with Crippen molar-refractivity contribution in [1.82, 2.24) is 20.0 Å². The van der Waals surface area contributed by atoms with Gasteiger partial charge in [-0.15, -0.1) is 6.58 Å². The van der Waals surface area contributed by atoms with Gasteiger partial charge in [-0.05, 0) is 24.5 Å². The fourth-order valence-electron chi connectivity index (χ4n) is 2.17. The third-order valence-electron chi connectivity index (χ3n) is 3.38. The molecule has 0 saturated carbocycles. The van der Waals surface area contributed by atoms with Gasteiger partial charge in [0, 0.05) is 19.3 Å². The van der Waals surface area contributed by atoms with Crippen LogP contribution >= 0.6 is 0 Å². The van der Waals surface area contributed by atoms with Crippen LogP contribution in [0.15, 0.2) is 37.1 Å². The minimum absolute atomic E-state index is 0.191. The summed E-state index contributed by atoms with van der Waals surface area (Å²) in [6, 6.07) is 5.38. The SMILES string of the molecule is C=CCNC(=O)c1nc(C(=O)NCCC(C)C)c2ccccn12. The Kier molecular flexibility index (Phi) is 5.51. The molecule has 0 aliphatic heterocycles. The molecule has 0 bridgehead atoms. The van der Waals surface area contributed by atoms with Crippen LogP contribution in [0, 0.1) is 5.92 Å². The Bertz CT molecular complexity index is 718. The number of imidazole rings is 1. The quantitative estimate of drug-likeness (QED) is 0.768. The predicted molar refractivity (Wildman–Crippen MR) is 89.5 cm³/mol. The maximum atomic E-state index is 12.4. The molecule has 2 N–H and O–H groups in total. The molecule has 6 heteroatoms. The summed E-state index contributed by atoms with van der Waals surface area (Å²) in [5, 5.41) is 5.53. The molecule has 2 amide bonds. The van der Waals surface area contributed by atoms with E-state index in [4.69, 9.17) is 0 Å². The van der Waals surface area contributed by atoms with Gasteiger partial charge in [-0.25, -0.2) is 4.98 Å². The third kappa shape index (κ3) is 3.97. The van der Waals surface area contributed by atoms with Crippen molar-refractivity contribution in [3.63, 3.8) is 0 Å². The average molecular weight is 314 g/mol. The summed E-state index contributed by atoms with van der Waals surface area (Å²) in [5.74, 6) is 0.0928. The van der Waals surface area contributed by atoms with Crippen molar-refractivity contribution in [2.75, 3.05) is 13.1 Å². The van der Waals surface area contributed by atoms with Crippen LogP contribution in [-0.4, -0.2) is 34.3 Å². The highest BCUT2D eigenvalue weighted by Crippen LogP contribution is 2.13. The van der Waals surface area contributed by atoms with Gasteiger partial charge in [0.15, 0.2) is 5.69 Å². The van der Waals surface area contributed by atoms with Crippen LogP contribution in [0.3, 0.4) is 0 Å². The molecular formula is C17H22N4O2. The van der Waals surface area contributed by atoms with Crippen molar-refractivity contribution in [1.29, 1.82) is 0 Å². The molecule has 0 aromatic carbocycles. The van der Waals surface area contributed by atoms with Gasteiger partial charge in [-0.2, -0.15) is 0 Å². The lowest BCUT2D eigenvalue weighted by atomic mass is 10.1. The molecule has 0 saturated heterocycles. The number of rotatable bonds is 7. The summed E-state index contributed by atoms with van der Waals surface area (Å²) < 4.78 is 1.62. The second-order valence-corrected chi connectivity index (χ2v) is 5.68. The van der Waals surface area contributed by atoms with Crippen LogP contribution in [-0.2, 0) is 0 Å². The highest BCUT2D eigenvalue weighted by molar-refractivity contribution is 6.02. The molecule has 6 nitrogen and oxygen atoms in total. The molecule has 23 heavy (non-hydrogen) atoms. The number of nitrogens with one attached hydrogen (secondary N) is 2. The Morgan fingerprint density at radius 2 is 2.09 bits per heavy atom. The number of aromatic nitrogens is 2. The Balaban J connectivity index is 2.28. The van der Waals surface area contributed by atoms with Crippen LogP contribution in [0.5, 0.6) is 0 Å². The molecular weight excluding hydrogens is 292 g/mol. The molecule has 2 aromatic rings. The smallest absolute Gasteiger partial charge is 0.287 e. The maximum absolute atomic E-state index is 12.4. The largest absolute Gasteiger partial charge is 0.351 e. The minimum Gasteiger partial charge on any atom is -0.351 e.